The van der Waals surface area contributed by atoms with Gasteiger partial charge in [0.25, 0.3) is 0 Å². The van der Waals surface area contributed by atoms with E-state index >= 15 is 0 Å². The van der Waals surface area contributed by atoms with Gasteiger partial charge in [-0.15, -0.1) is 0 Å². The highest BCUT2D eigenvalue weighted by molar-refractivity contribution is 6.30. The van der Waals surface area contributed by atoms with E-state index in [-0.39, 0.29) is 5.96 Å². The lowest BCUT2D eigenvalue weighted by molar-refractivity contribution is 0.844. The largest absolute Gasteiger partial charge is 0.369 e. The predicted octanol–water partition coefficient (Wildman–Crippen LogP) is 5.22. The van der Waals surface area contributed by atoms with Crippen LogP contribution in [0.15, 0.2) is 84.0 Å². The van der Waals surface area contributed by atoms with E-state index in [4.69, 9.17) is 22.7 Å². The molecule has 0 unspecified atom stereocenters. The Morgan fingerprint density at radius 1 is 1.00 bits per heavy atom. The molecule has 0 amide bonds. The summed E-state index contributed by atoms with van der Waals surface area (Å²) >= 11 is 6.16. The first-order valence-corrected chi connectivity index (χ1v) is 9.98. The highest BCUT2D eigenvalue weighted by Crippen LogP contribution is 2.35. The Morgan fingerprint density at radius 2 is 1.67 bits per heavy atom. The second-order valence-electron chi connectivity index (χ2n) is 7.04. The number of fused-ring (bicyclic) bond motifs is 1. The zero-order valence-electron chi connectivity index (χ0n) is 16.6. The molecule has 0 radical (unpaired) electrons. The summed E-state index contributed by atoms with van der Waals surface area (Å²) in [6, 6.07) is 26.5. The highest BCUT2D eigenvalue weighted by Gasteiger charge is 2.20. The maximum atomic E-state index is 7.45. The van der Waals surface area contributed by atoms with Crippen LogP contribution in [0.4, 0.5) is 0 Å². The number of nitrogens with two attached hydrogens (primary N) is 1. The highest BCUT2D eigenvalue weighted by atomic mass is 35.5. The summed E-state index contributed by atoms with van der Waals surface area (Å²) in [7, 11) is 0. The van der Waals surface area contributed by atoms with Crippen LogP contribution in [0.3, 0.4) is 0 Å². The van der Waals surface area contributed by atoms with Gasteiger partial charge in [-0.2, -0.15) is 5.10 Å². The monoisotopic (exact) mass is 415 g/mol. The molecule has 0 aliphatic heterocycles. The van der Waals surface area contributed by atoms with Gasteiger partial charge in [0.2, 0.25) is 5.96 Å². The van der Waals surface area contributed by atoms with E-state index < -0.39 is 0 Å². The molecule has 0 atom stereocenters. The van der Waals surface area contributed by atoms with Gasteiger partial charge >= 0.3 is 0 Å². The first kappa shape index (κ1) is 19.7. The third-order valence-corrected chi connectivity index (χ3v) is 5.23. The molecule has 5 nitrogen and oxygen atoms in total. The van der Waals surface area contributed by atoms with Crippen molar-refractivity contribution in [3.63, 3.8) is 0 Å². The molecule has 4 aromatic rings. The standard InChI is InChI=1S/C24H22ClN5/c1-16(28-29-24(26)27)22-20-9-5-6-10-21(20)30(15-17-7-3-2-4-8-17)23(22)18-11-13-19(25)14-12-18/h2-14H,15H2,1H3,(H4,26,27,29). The first-order chi connectivity index (χ1) is 14.5. The number of hydrogen-bond donors (Lipinski definition) is 3. The number of para-hydroxylation sites is 1. The van der Waals surface area contributed by atoms with Crippen LogP contribution < -0.4 is 11.2 Å². The van der Waals surface area contributed by atoms with E-state index in [9.17, 15) is 0 Å². The number of halogens is 1. The summed E-state index contributed by atoms with van der Waals surface area (Å²) in [5, 5.41) is 13.6. The third kappa shape index (κ3) is 3.93. The fourth-order valence-electron chi connectivity index (χ4n) is 3.71. The van der Waals surface area contributed by atoms with Crippen molar-refractivity contribution in [2.45, 2.75) is 13.5 Å². The zero-order chi connectivity index (χ0) is 21.1. The van der Waals surface area contributed by atoms with Gasteiger partial charge in [-0.1, -0.05) is 72.3 Å². The maximum absolute atomic E-state index is 7.45. The topological polar surface area (TPSA) is 79.2 Å². The van der Waals surface area contributed by atoms with E-state index in [0.717, 1.165) is 33.4 Å². The smallest absolute Gasteiger partial charge is 0.206 e. The van der Waals surface area contributed by atoms with Gasteiger partial charge in [0.1, 0.15) is 0 Å². The Hall–Kier alpha value is -3.57. The molecule has 150 valence electrons. The van der Waals surface area contributed by atoms with E-state index in [2.05, 4.69) is 39.4 Å². The molecule has 30 heavy (non-hydrogen) atoms. The average molecular weight is 416 g/mol. The van der Waals surface area contributed by atoms with Gasteiger partial charge in [0, 0.05) is 28.0 Å². The van der Waals surface area contributed by atoms with Gasteiger partial charge in [0.15, 0.2) is 0 Å². The molecule has 0 saturated carbocycles. The van der Waals surface area contributed by atoms with Crippen molar-refractivity contribution in [1.29, 1.82) is 5.41 Å². The van der Waals surface area contributed by atoms with Crippen molar-refractivity contribution in [2.75, 3.05) is 0 Å². The summed E-state index contributed by atoms with van der Waals surface area (Å²) in [6.45, 7) is 2.64. The van der Waals surface area contributed by atoms with Crippen molar-refractivity contribution < 1.29 is 0 Å². The Morgan fingerprint density at radius 3 is 2.37 bits per heavy atom. The normalized spacial score (nSPS) is 11.6. The van der Waals surface area contributed by atoms with E-state index in [1.165, 1.54) is 5.56 Å². The van der Waals surface area contributed by atoms with Crippen molar-refractivity contribution in [1.82, 2.24) is 9.99 Å². The van der Waals surface area contributed by atoms with Crippen LogP contribution in [0.5, 0.6) is 0 Å². The Balaban J connectivity index is 2.01. The average Bonchev–Trinajstić information content (AvgIpc) is 3.07. The van der Waals surface area contributed by atoms with Crippen LogP contribution in [0, 0.1) is 5.41 Å². The van der Waals surface area contributed by atoms with Crippen LogP contribution in [0.1, 0.15) is 18.1 Å². The first-order valence-electron chi connectivity index (χ1n) is 9.60. The Labute approximate surface area is 180 Å². The molecule has 1 aromatic heterocycles. The minimum atomic E-state index is -0.199. The second kappa shape index (κ2) is 8.43. The minimum absolute atomic E-state index is 0.199. The molecule has 0 saturated heterocycles. The second-order valence-corrected chi connectivity index (χ2v) is 7.48. The maximum Gasteiger partial charge on any atom is 0.206 e. The predicted molar refractivity (Wildman–Crippen MR) is 125 cm³/mol. The lowest BCUT2D eigenvalue weighted by Crippen LogP contribution is -2.26. The molecule has 0 aliphatic rings. The van der Waals surface area contributed by atoms with Gasteiger partial charge in [0.05, 0.1) is 11.4 Å². The molecule has 4 N–H and O–H groups in total. The molecule has 4 rings (SSSR count). The number of nitrogens with one attached hydrogen (secondary N) is 2. The molecule has 1 heterocycles. The quantitative estimate of drug-likeness (QED) is 0.237. The van der Waals surface area contributed by atoms with Gasteiger partial charge in [-0.3, -0.25) is 5.41 Å². The van der Waals surface area contributed by atoms with Gasteiger partial charge in [-0.05, 0) is 36.2 Å². The molecule has 0 bridgehead atoms. The molecule has 0 spiro atoms. The number of hydrazone groups is 1. The van der Waals surface area contributed by atoms with Crippen LogP contribution in [0.25, 0.3) is 22.2 Å². The lowest BCUT2D eigenvalue weighted by Gasteiger charge is -2.13. The molecular weight excluding hydrogens is 394 g/mol. The third-order valence-electron chi connectivity index (χ3n) is 4.98. The van der Waals surface area contributed by atoms with E-state index in [1.54, 1.807) is 0 Å². The number of benzene rings is 3. The molecular formula is C24H22ClN5. The van der Waals surface area contributed by atoms with Gasteiger partial charge in [-0.25, -0.2) is 5.43 Å². The molecule has 0 aliphatic carbocycles. The molecule has 0 fully saturated rings. The fourth-order valence-corrected chi connectivity index (χ4v) is 3.83. The SMILES string of the molecule is CC(=NNC(=N)N)c1c(-c2ccc(Cl)cc2)n(Cc2ccccc2)c2ccccc12. The van der Waals surface area contributed by atoms with Crippen molar-refractivity contribution in [3.05, 3.63) is 95.0 Å². The molecule has 6 heteroatoms. The van der Waals surface area contributed by atoms with Crippen LogP contribution in [0.2, 0.25) is 5.02 Å². The van der Waals surface area contributed by atoms with E-state index in [1.807, 2.05) is 61.5 Å². The number of hydrogen-bond acceptors (Lipinski definition) is 2. The van der Waals surface area contributed by atoms with Crippen molar-refractivity contribution >= 4 is 34.2 Å². The number of guanidine groups is 1. The molecule has 3 aromatic carbocycles. The van der Waals surface area contributed by atoms with E-state index in [0.29, 0.717) is 11.6 Å². The summed E-state index contributed by atoms with van der Waals surface area (Å²) < 4.78 is 2.30. The number of nitrogens with zero attached hydrogens (tertiary/aromatic N) is 2. The Bertz CT molecular complexity index is 1220. The minimum Gasteiger partial charge on any atom is -0.369 e. The summed E-state index contributed by atoms with van der Waals surface area (Å²) in [5.74, 6) is -0.199. The summed E-state index contributed by atoms with van der Waals surface area (Å²) in [5.41, 5.74) is 14.2. The van der Waals surface area contributed by atoms with Crippen LogP contribution >= 0.6 is 11.6 Å². The lowest BCUT2D eigenvalue weighted by atomic mass is 10.0. The zero-order valence-corrected chi connectivity index (χ0v) is 17.3. The number of rotatable bonds is 5. The Kier molecular flexibility index (Phi) is 5.55. The van der Waals surface area contributed by atoms with Crippen molar-refractivity contribution in [2.24, 2.45) is 10.8 Å². The number of aromatic nitrogens is 1. The summed E-state index contributed by atoms with van der Waals surface area (Å²) in [6.07, 6.45) is 0. The van der Waals surface area contributed by atoms with Gasteiger partial charge < -0.3 is 10.3 Å². The van der Waals surface area contributed by atoms with Crippen LogP contribution in [-0.4, -0.2) is 16.2 Å². The van der Waals surface area contributed by atoms with Crippen molar-refractivity contribution in [3.8, 4) is 11.3 Å². The fraction of sp³-hybridized carbons (Fsp3) is 0.0833. The van der Waals surface area contributed by atoms with Crippen LogP contribution in [-0.2, 0) is 6.54 Å². The summed E-state index contributed by atoms with van der Waals surface area (Å²) in [4.78, 5) is 0.